The molecular formula is C9H10N4O3. The van der Waals surface area contributed by atoms with E-state index in [-0.39, 0.29) is 6.42 Å². The molecule has 0 saturated carbocycles. The van der Waals surface area contributed by atoms with Crippen LogP contribution in [0.2, 0.25) is 0 Å². The van der Waals surface area contributed by atoms with Crippen LogP contribution in [0.25, 0.3) is 11.2 Å². The van der Waals surface area contributed by atoms with Gasteiger partial charge in [-0.25, -0.2) is 9.97 Å². The molecule has 0 atom stereocenters. The second-order valence-electron chi connectivity index (χ2n) is 3.14. The van der Waals surface area contributed by atoms with E-state index in [1.54, 1.807) is 4.57 Å². The molecule has 2 aromatic heterocycles. The third kappa shape index (κ3) is 1.79. The normalized spacial score (nSPS) is 10.6. The van der Waals surface area contributed by atoms with Gasteiger partial charge in [0, 0.05) is 6.54 Å². The highest BCUT2D eigenvalue weighted by Gasteiger charge is 2.10. The average molecular weight is 222 g/mol. The number of aromatic nitrogens is 4. The maximum atomic E-state index is 10.5. The lowest BCUT2D eigenvalue weighted by Crippen LogP contribution is -2.04. The minimum absolute atomic E-state index is 0.0256. The van der Waals surface area contributed by atoms with Gasteiger partial charge in [0.05, 0.1) is 19.9 Å². The number of carbonyl (C=O) groups is 1. The fourth-order valence-electron chi connectivity index (χ4n) is 1.39. The molecule has 0 fully saturated rings. The third-order valence-electron chi connectivity index (χ3n) is 2.13. The standard InChI is InChI=1S/C9H10N4O3/c1-16-9-7-8(10-4-11-9)13(5-12-7)3-2-6(14)15/h4-5H,2-3H2,1H3,(H,14,15). The maximum absolute atomic E-state index is 10.5. The average Bonchev–Trinajstić information content (AvgIpc) is 2.69. The number of aliphatic carboxylic acids is 1. The number of imidazole rings is 1. The summed E-state index contributed by atoms with van der Waals surface area (Å²) in [5.41, 5.74) is 1.11. The lowest BCUT2D eigenvalue weighted by Gasteiger charge is -2.01. The summed E-state index contributed by atoms with van der Waals surface area (Å²) >= 11 is 0. The highest BCUT2D eigenvalue weighted by molar-refractivity contribution is 5.76. The van der Waals surface area contributed by atoms with E-state index in [1.807, 2.05) is 0 Å². The van der Waals surface area contributed by atoms with E-state index in [1.165, 1.54) is 19.8 Å². The van der Waals surface area contributed by atoms with E-state index < -0.39 is 5.97 Å². The zero-order chi connectivity index (χ0) is 11.5. The van der Waals surface area contributed by atoms with E-state index in [0.29, 0.717) is 23.6 Å². The topological polar surface area (TPSA) is 90.1 Å². The smallest absolute Gasteiger partial charge is 0.305 e. The molecule has 1 N–H and O–H groups in total. The van der Waals surface area contributed by atoms with E-state index >= 15 is 0 Å². The molecule has 0 unspecified atom stereocenters. The minimum atomic E-state index is -0.858. The van der Waals surface area contributed by atoms with Gasteiger partial charge in [-0.15, -0.1) is 0 Å². The molecule has 0 aromatic carbocycles. The second-order valence-corrected chi connectivity index (χ2v) is 3.14. The first-order valence-electron chi connectivity index (χ1n) is 4.64. The van der Waals surface area contributed by atoms with E-state index in [9.17, 15) is 4.79 Å². The molecule has 7 heteroatoms. The molecule has 0 bridgehead atoms. The van der Waals surface area contributed by atoms with Crippen molar-refractivity contribution in [2.45, 2.75) is 13.0 Å². The Morgan fingerprint density at radius 3 is 3.00 bits per heavy atom. The van der Waals surface area contributed by atoms with Crippen molar-refractivity contribution in [3.63, 3.8) is 0 Å². The van der Waals surface area contributed by atoms with Crippen LogP contribution in [0.1, 0.15) is 6.42 Å². The predicted molar refractivity (Wildman–Crippen MR) is 54.1 cm³/mol. The quantitative estimate of drug-likeness (QED) is 0.800. The molecule has 16 heavy (non-hydrogen) atoms. The fourth-order valence-corrected chi connectivity index (χ4v) is 1.39. The molecule has 0 aliphatic carbocycles. The van der Waals surface area contributed by atoms with Gasteiger partial charge < -0.3 is 14.4 Å². The Bertz CT molecular complexity index is 522. The van der Waals surface area contributed by atoms with Crippen molar-refractivity contribution in [3.8, 4) is 5.88 Å². The Balaban J connectivity index is 2.37. The van der Waals surface area contributed by atoms with E-state index in [2.05, 4.69) is 15.0 Å². The van der Waals surface area contributed by atoms with Gasteiger partial charge in [-0.1, -0.05) is 0 Å². The van der Waals surface area contributed by atoms with Crippen LogP contribution in [-0.4, -0.2) is 37.7 Å². The largest absolute Gasteiger partial charge is 0.481 e. The van der Waals surface area contributed by atoms with Crippen LogP contribution in [0, 0.1) is 0 Å². The van der Waals surface area contributed by atoms with Gasteiger partial charge in [-0.3, -0.25) is 4.79 Å². The Labute approximate surface area is 90.7 Å². The molecule has 2 aromatic rings. The molecule has 0 spiro atoms. The zero-order valence-corrected chi connectivity index (χ0v) is 8.62. The van der Waals surface area contributed by atoms with Crippen molar-refractivity contribution in [2.75, 3.05) is 7.11 Å². The van der Waals surface area contributed by atoms with Gasteiger partial charge >= 0.3 is 5.97 Å². The Morgan fingerprint density at radius 2 is 2.31 bits per heavy atom. The Hall–Kier alpha value is -2.18. The van der Waals surface area contributed by atoms with Gasteiger partial charge in [-0.05, 0) is 0 Å². The van der Waals surface area contributed by atoms with Crippen LogP contribution < -0.4 is 4.74 Å². The van der Waals surface area contributed by atoms with Crippen molar-refractivity contribution in [3.05, 3.63) is 12.7 Å². The van der Waals surface area contributed by atoms with Crippen molar-refractivity contribution >= 4 is 17.1 Å². The summed E-state index contributed by atoms with van der Waals surface area (Å²) < 4.78 is 6.68. The number of carboxylic acids is 1. The SMILES string of the molecule is COc1ncnc2c1ncn2CCC(=O)O. The summed E-state index contributed by atoms with van der Waals surface area (Å²) in [4.78, 5) is 22.5. The van der Waals surface area contributed by atoms with Crippen molar-refractivity contribution in [1.29, 1.82) is 0 Å². The molecule has 0 aliphatic heterocycles. The van der Waals surface area contributed by atoms with Crippen molar-refractivity contribution < 1.29 is 14.6 Å². The summed E-state index contributed by atoms with van der Waals surface area (Å²) in [7, 11) is 1.50. The predicted octanol–water partition coefficient (Wildman–Crippen LogP) is 0.310. The van der Waals surface area contributed by atoms with Crippen molar-refractivity contribution in [1.82, 2.24) is 19.5 Å². The monoisotopic (exact) mass is 222 g/mol. The molecule has 0 aliphatic rings. The number of rotatable bonds is 4. The summed E-state index contributed by atoms with van der Waals surface area (Å²) in [5, 5.41) is 8.59. The van der Waals surface area contributed by atoms with E-state index in [4.69, 9.17) is 9.84 Å². The minimum Gasteiger partial charge on any atom is -0.481 e. The summed E-state index contributed by atoms with van der Waals surface area (Å²) in [6.45, 7) is 0.325. The van der Waals surface area contributed by atoms with E-state index in [0.717, 1.165) is 0 Å². The van der Waals surface area contributed by atoms with Crippen molar-refractivity contribution in [2.24, 2.45) is 0 Å². The number of nitrogens with zero attached hydrogens (tertiary/aromatic N) is 4. The van der Waals surface area contributed by atoms with Gasteiger partial charge in [0.15, 0.2) is 11.2 Å². The number of aryl methyl sites for hydroxylation is 1. The Morgan fingerprint density at radius 1 is 1.50 bits per heavy atom. The summed E-state index contributed by atoms with van der Waals surface area (Å²) in [5.74, 6) is -0.470. The molecule has 7 nitrogen and oxygen atoms in total. The lowest BCUT2D eigenvalue weighted by atomic mass is 10.4. The Kier molecular flexibility index (Phi) is 2.67. The molecule has 0 radical (unpaired) electrons. The van der Waals surface area contributed by atoms with Crippen LogP contribution in [0.5, 0.6) is 5.88 Å². The summed E-state index contributed by atoms with van der Waals surface area (Å²) in [6.07, 6.45) is 2.92. The number of fused-ring (bicyclic) bond motifs is 1. The van der Waals surface area contributed by atoms with Crippen LogP contribution in [-0.2, 0) is 11.3 Å². The molecule has 2 rings (SSSR count). The number of methoxy groups -OCH3 is 1. The number of ether oxygens (including phenoxy) is 1. The molecular weight excluding hydrogens is 212 g/mol. The summed E-state index contributed by atoms with van der Waals surface area (Å²) in [6, 6.07) is 0. The first kappa shape index (κ1) is 10.3. The second kappa shape index (κ2) is 4.13. The lowest BCUT2D eigenvalue weighted by molar-refractivity contribution is -0.137. The van der Waals surface area contributed by atoms with Gasteiger partial charge in [0.25, 0.3) is 0 Å². The van der Waals surface area contributed by atoms with Gasteiger partial charge in [-0.2, -0.15) is 4.98 Å². The number of hydrogen-bond acceptors (Lipinski definition) is 5. The van der Waals surface area contributed by atoms with Crippen LogP contribution >= 0.6 is 0 Å². The molecule has 84 valence electrons. The molecule has 0 amide bonds. The number of carboxylic acid groups (broad SMARTS) is 1. The van der Waals surface area contributed by atoms with Crippen LogP contribution in [0.15, 0.2) is 12.7 Å². The van der Waals surface area contributed by atoms with Crippen LogP contribution in [0.3, 0.4) is 0 Å². The zero-order valence-electron chi connectivity index (χ0n) is 8.62. The van der Waals surface area contributed by atoms with Gasteiger partial charge in [0.1, 0.15) is 6.33 Å². The maximum Gasteiger partial charge on any atom is 0.305 e. The highest BCUT2D eigenvalue weighted by Crippen LogP contribution is 2.18. The fraction of sp³-hybridized carbons (Fsp3) is 0.333. The third-order valence-corrected chi connectivity index (χ3v) is 2.13. The first-order valence-corrected chi connectivity index (χ1v) is 4.64. The van der Waals surface area contributed by atoms with Crippen LogP contribution in [0.4, 0.5) is 0 Å². The highest BCUT2D eigenvalue weighted by atomic mass is 16.5. The number of hydrogen-bond donors (Lipinski definition) is 1. The molecule has 0 saturated heterocycles. The molecule has 2 heterocycles. The first-order chi connectivity index (χ1) is 7.72. The van der Waals surface area contributed by atoms with Gasteiger partial charge in [0.2, 0.25) is 5.88 Å².